The minimum Gasteiger partial charge on any atom is -0.492 e. The maximum atomic E-state index is 13.4. The first-order valence-corrected chi connectivity index (χ1v) is 12.1. The molecule has 0 bridgehead atoms. The fourth-order valence-corrected chi connectivity index (χ4v) is 6.25. The van der Waals surface area contributed by atoms with Gasteiger partial charge in [-0.3, -0.25) is 14.5 Å². The highest BCUT2D eigenvalue weighted by molar-refractivity contribution is 8.02. The molecule has 1 fully saturated rings. The number of carbonyl (C=O) groups is 2. The Bertz CT molecular complexity index is 1170. The van der Waals surface area contributed by atoms with Crippen molar-refractivity contribution in [2.24, 2.45) is 0 Å². The van der Waals surface area contributed by atoms with Gasteiger partial charge in [0.1, 0.15) is 10.6 Å². The molecule has 2 amide bonds. The van der Waals surface area contributed by atoms with Crippen molar-refractivity contribution in [1.29, 1.82) is 0 Å². The van der Waals surface area contributed by atoms with Crippen LogP contribution in [0, 0.1) is 0 Å². The van der Waals surface area contributed by atoms with Gasteiger partial charge in [-0.25, -0.2) is 12.7 Å². The van der Waals surface area contributed by atoms with Crippen LogP contribution in [-0.2, 0) is 19.6 Å². The maximum Gasteiger partial charge on any atom is 0.261 e. The molecule has 31 heavy (non-hydrogen) atoms. The number of fused-ring (bicyclic) bond motifs is 3. The number of hydrogen-bond acceptors (Lipinski definition) is 6. The Kier molecular flexibility index (Phi) is 5.48. The van der Waals surface area contributed by atoms with Gasteiger partial charge in [0.15, 0.2) is 4.87 Å². The number of amides is 2. The van der Waals surface area contributed by atoms with E-state index in [1.165, 1.54) is 38.0 Å². The van der Waals surface area contributed by atoms with Crippen LogP contribution in [0.5, 0.6) is 5.75 Å². The number of nitrogens with zero attached hydrogens (tertiary/aromatic N) is 2. The fraction of sp³-hybridized carbons (Fsp3) is 0.333. The first-order valence-electron chi connectivity index (χ1n) is 9.82. The maximum absolute atomic E-state index is 13.4. The summed E-state index contributed by atoms with van der Waals surface area (Å²) in [5.74, 6) is -0.250. The standard InChI is InChI=1S/C21H23N3O5S2/c1-4-29-16-10-9-14(13-18(16)31(27,28)23(2)3)22-20(26)21-12-11-19(25)24(21)15-7-5-6-8-17(15)30-21/h5-10,13H,4,11-12H2,1-3H3,(H,22,26). The summed E-state index contributed by atoms with van der Waals surface area (Å²) in [6, 6.07) is 11.9. The number of carbonyl (C=O) groups excluding carboxylic acids is 2. The van der Waals surface area contributed by atoms with E-state index >= 15 is 0 Å². The lowest BCUT2D eigenvalue weighted by atomic mass is 10.1. The lowest BCUT2D eigenvalue weighted by molar-refractivity contribution is -0.121. The van der Waals surface area contributed by atoms with Gasteiger partial charge in [0.25, 0.3) is 5.91 Å². The fourth-order valence-electron chi connectivity index (χ4n) is 3.79. The molecule has 10 heteroatoms. The van der Waals surface area contributed by atoms with Crippen molar-refractivity contribution >= 4 is 45.0 Å². The molecule has 4 rings (SSSR count). The number of nitrogens with one attached hydrogen (secondary N) is 1. The molecule has 0 radical (unpaired) electrons. The molecule has 0 aliphatic carbocycles. The molecule has 0 aromatic heterocycles. The molecule has 2 aromatic carbocycles. The van der Waals surface area contributed by atoms with Gasteiger partial charge in [0.05, 0.1) is 12.3 Å². The van der Waals surface area contributed by atoms with E-state index < -0.39 is 14.9 Å². The molecule has 1 saturated heterocycles. The van der Waals surface area contributed by atoms with Crippen LogP contribution in [0.3, 0.4) is 0 Å². The first kappa shape index (κ1) is 21.7. The largest absolute Gasteiger partial charge is 0.492 e. The molecule has 0 spiro atoms. The van der Waals surface area contributed by atoms with Gasteiger partial charge in [0, 0.05) is 31.1 Å². The van der Waals surface area contributed by atoms with E-state index in [2.05, 4.69) is 5.32 Å². The minimum absolute atomic E-state index is 0.0311. The quantitative estimate of drug-likeness (QED) is 0.711. The van der Waals surface area contributed by atoms with Gasteiger partial charge in [-0.05, 0) is 43.7 Å². The molecule has 2 aliphatic heterocycles. The number of benzene rings is 2. The highest BCUT2D eigenvalue weighted by Crippen LogP contribution is 2.56. The van der Waals surface area contributed by atoms with Crippen molar-refractivity contribution in [3.8, 4) is 5.75 Å². The van der Waals surface area contributed by atoms with Crippen molar-refractivity contribution in [2.75, 3.05) is 30.9 Å². The summed E-state index contributed by atoms with van der Waals surface area (Å²) in [7, 11) is -0.923. The van der Waals surface area contributed by atoms with Crippen LogP contribution >= 0.6 is 11.8 Å². The zero-order chi connectivity index (χ0) is 22.4. The normalized spacial score (nSPS) is 20.0. The molecule has 8 nitrogen and oxygen atoms in total. The second-order valence-corrected chi connectivity index (χ2v) is 10.9. The van der Waals surface area contributed by atoms with E-state index in [9.17, 15) is 18.0 Å². The van der Waals surface area contributed by atoms with Crippen LogP contribution < -0.4 is 15.0 Å². The van der Waals surface area contributed by atoms with Crippen molar-refractivity contribution in [2.45, 2.75) is 34.4 Å². The third-order valence-electron chi connectivity index (χ3n) is 5.29. The molecule has 2 aliphatic rings. The summed E-state index contributed by atoms with van der Waals surface area (Å²) in [6.07, 6.45) is 0.648. The van der Waals surface area contributed by atoms with Crippen molar-refractivity contribution < 1.29 is 22.7 Å². The van der Waals surface area contributed by atoms with E-state index in [-0.39, 0.29) is 28.9 Å². The smallest absolute Gasteiger partial charge is 0.261 e. The lowest BCUT2D eigenvalue weighted by Crippen LogP contribution is -2.49. The Morgan fingerprint density at radius 1 is 1.26 bits per heavy atom. The highest BCUT2D eigenvalue weighted by atomic mass is 32.2. The number of thioether (sulfide) groups is 1. The van der Waals surface area contributed by atoms with Crippen LogP contribution in [0.4, 0.5) is 11.4 Å². The highest BCUT2D eigenvalue weighted by Gasteiger charge is 2.57. The summed E-state index contributed by atoms with van der Waals surface area (Å²) in [4.78, 5) is 27.3. The van der Waals surface area contributed by atoms with Crippen LogP contribution in [0.25, 0.3) is 0 Å². The van der Waals surface area contributed by atoms with Crippen LogP contribution in [0.1, 0.15) is 19.8 Å². The minimum atomic E-state index is -3.79. The van der Waals surface area contributed by atoms with Crippen molar-refractivity contribution in [3.63, 3.8) is 0 Å². The van der Waals surface area contributed by atoms with Gasteiger partial charge in [-0.1, -0.05) is 23.9 Å². The zero-order valence-corrected chi connectivity index (χ0v) is 19.0. The molecular formula is C21H23N3O5S2. The van der Waals surface area contributed by atoms with E-state index in [4.69, 9.17) is 4.74 Å². The third kappa shape index (κ3) is 3.48. The Balaban J connectivity index is 1.69. The predicted octanol–water partition coefficient (Wildman–Crippen LogP) is 2.90. The molecule has 2 heterocycles. The monoisotopic (exact) mass is 461 g/mol. The molecule has 164 valence electrons. The Hall–Kier alpha value is -2.56. The second kappa shape index (κ2) is 7.85. The van der Waals surface area contributed by atoms with Crippen LogP contribution in [0.15, 0.2) is 52.3 Å². The summed E-state index contributed by atoms with van der Waals surface area (Å²) in [5.41, 5.74) is 1.05. The molecule has 1 N–H and O–H groups in total. The Morgan fingerprint density at radius 3 is 2.71 bits per heavy atom. The topological polar surface area (TPSA) is 96.0 Å². The van der Waals surface area contributed by atoms with E-state index in [1.807, 2.05) is 24.3 Å². The number of para-hydroxylation sites is 1. The van der Waals surface area contributed by atoms with Gasteiger partial charge in [-0.2, -0.15) is 0 Å². The van der Waals surface area contributed by atoms with Gasteiger partial charge < -0.3 is 10.1 Å². The molecular weight excluding hydrogens is 438 g/mol. The first-order chi connectivity index (χ1) is 14.7. The second-order valence-electron chi connectivity index (χ2n) is 7.42. The third-order valence-corrected chi connectivity index (χ3v) is 8.60. The zero-order valence-electron chi connectivity index (χ0n) is 17.4. The van der Waals surface area contributed by atoms with E-state index in [0.717, 1.165) is 14.9 Å². The predicted molar refractivity (Wildman–Crippen MR) is 119 cm³/mol. The average molecular weight is 462 g/mol. The van der Waals surface area contributed by atoms with Gasteiger partial charge in [0.2, 0.25) is 15.9 Å². The molecule has 1 unspecified atom stereocenters. The Labute approximate surface area is 185 Å². The van der Waals surface area contributed by atoms with Crippen molar-refractivity contribution in [3.05, 3.63) is 42.5 Å². The van der Waals surface area contributed by atoms with E-state index in [1.54, 1.807) is 17.9 Å². The van der Waals surface area contributed by atoms with E-state index in [0.29, 0.717) is 18.7 Å². The average Bonchev–Trinajstić information content (AvgIpc) is 3.25. The van der Waals surface area contributed by atoms with Crippen molar-refractivity contribution in [1.82, 2.24) is 4.31 Å². The van der Waals surface area contributed by atoms with Gasteiger partial charge in [-0.15, -0.1) is 0 Å². The molecule has 1 atom stereocenters. The summed E-state index contributed by atoms with van der Waals surface area (Å²) >= 11 is 1.35. The number of hydrogen-bond donors (Lipinski definition) is 1. The number of ether oxygens (including phenoxy) is 1. The lowest BCUT2D eigenvalue weighted by Gasteiger charge is -2.29. The Morgan fingerprint density at radius 2 is 2.00 bits per heavy atom. The summed E-state index contributed by atoms with van der Waals surface area (Å²) in [5, 5.41) is 2.83. The number of rotatable bonds is 6. The SMILES string of the molecule is CCOc1ccc(NC(=O)C23CCC(=O)N2c2ccccc2S3)cc1S(=O)(=O)N(C)C. The number of sulfonamides is 1. The summed E-state index contributed by atoms with van der Waals surface area (Å²) < 4.78 is 32.1. The summed E-state index contributed by atoms with van der Waals surface area (Å²) in [6.45, 7) is 2.07. The number of anilines is 2. The van der Waals surface area contributed by atoms with Crippen LogP contribution in [0.2, 0.25) is 0 Å². The van der Waals surface area contributed by atoms with Gasteiger partial charge >= 0.3 is 0 Å². The molecule has 2 aromatic rings. The molecule has 0 saturated carbocycles. The van der Waals surface area contributed by atoms with Crippen LogP contribution in [-0.4, -0.2) is 50.1 Å².